The van der Waals surface area contributed by atoms with Gasteiger partial charge in [0.05, 0.1) is 6.04 Å². The van der Waals surface area contributed by atoms with Gasteiger partial charge in [0.1, 0.15) is 12.6 Å². The zero-order valence-electron chi connectivity index (χ0n) is 19.5. The standard InChI is InChI=1S/C27H29BrClN3O3/c28-22-9-2-1-6-19(22)16-25-27(34)32(23-10-3-4-11-24(23)35-25)18-26(33)31-14-12-30(13-15-31)21-8-5-7-20(29)17-21/h1-2,5-9,16-17,23-24H,3-4,10-15,18H2/b25-16+. The minimum absolute atomic E-state index is 0.00411. The van der Waals surface area contributed by atoms with Crippen LogP contribution in [0.4, 0.5) is 5.69 Å². The Morgan fingerprint density at radius 2 is 1.83 bits per heavy atom. The van der Waals surface area contributed by atoms with Crippen LogP contribution in [-0.2, 0) is 14.3 Å². The van der Waals surface area contributed by atoms with E-state index in [1.807, 2.05) is 53.4 Å². The quantitative estimate of drug-likeness (QED) is 0.498. The monoisotopic (exact) mass is 557 g/mol. The maximum absolute atomic E-state index is 13.5. The van der Waals surface area contributed by atoms with Crippen molar-refractivity contribution in [1.29, 1.82) is 0 Å². The van der Waals surface area contributed by atoms with Gasteiger partial charge in [-0.05, 0) is 55.2 Å². The molecule has 0 N–H and O–H groups in total. The van der Waals surface area contributed by atoms with Crippen molar-refractivity contribution in [3.8, 4) is 0 Å². The van der Waals surface area contributed by atoms with Crippen molar-refractivity contribution in [2.24, 2.45) is 0 Å². The molecule has 0 bridgehead atoms. The van der Waals surface area contributed by atoms with Crippen LogP contribution >= 0.6 is 27.5 Å². The third kappa shape index (κ3) is 5.36. The Hall–Kier alpha value is -2.51. The van der Waals surface area contributed by atoms with Crippen molar-refractivity contribution >= 4 is 51.1 Å². The molecular formula is C27H29BrClN3O3. The summed E-state index contributed by atoms with van der Waals surface area (Å²) in [7, 11) is 0. The van der Waals surface area contributed by atoms with E-state index in [9.17, 15) is 9.59 Å². The number of hydrogen-bond donors (Lipinski definition) is 0. The van der Waals surface area contributed by atoms with Crippen LogP contribution in [-0.4, -0.2) is 66.5 Å². The lowest BCUT2D eigenvalue weighted by molar-refractivity contribution is -0.154. The molecule has 1 aliphatic carbocycles. The number of amides is 2. The molecule has 0 radical (unpaired) electrons. The van der Waals surface area contributed by atoms with Crippen molar-refractivity contribution in [1.82, 2.24) is 9.80 Å². The lowest BCUT2D eigenvalue weighted by Gasteiger charge is -2.45. The molecule has 2 atom stereocenters. The molecule has 3 aliphatic rings. The van der Waals surface area contributed by atoms with Crippen LogP contribution in [0.2, 0.25) is 5.02 Å². The summed E-state index contributed by atoms with van der Waals surface area (Å²) in [5.74, 6) is 0.115. The zero-order chi connectivity index (χ0) is 24.4. The van der Waals surface area contributed by atoms with Gasteiger partial charge in [0, 0.05) is 41.4 Å². The fraction of sp³-hybridized carbons (Fsp3) is 0.407. The number of rotatable bonds is 4. The highest BCUT2D eigenvalue weighted by Gasteiger charge is 2.42. The largest absolute Gasteiger partial charge is 0.482 e. The maximum Gasteiger partial charge on any atom is 0.289 e. The Morgan fingerprint density at radius 3 is 2.60 bits per heavy atom. The Balaban J connectivity index is 1.29. The molecule has 2 aromatic rings. The van der Waals surface area contributed by atoms with Crippen LogP contribution in [0, 0.1) is 0 Å². The first-order valence-electron chi connectivity index (χ1n) is 12.2. The maximum atomic E-state index is 13.5. The number of anilines is 1. The normalized spacial score (nSPS) is 23.8. The predicted molar refractivity (Wildman–Crippen MR) is 141 cm³/mol. The van der Waals surface area contributed by atoms with Crippen LogP contribution in [0.1, 0.15) is 31.2 Å². The number of hydrogen-bond acceptors (Lipinski definition) is 4. The summed E-state index contributed by atoms with van der Waals surface area (Å²) in [5, 5.41) is 0.709. The highest BCUT2D eigenvalue weighted by molar-refractivity contribution is 9.10. The summed E-state index contributed by atoms with van der Waals surface area (Å²) in [5.41, 5.74) is 1.95. The first-order valence-corrected chi connectivity index (χ1v) is 13.4. The molecular weight excluding hydrogens is 530 g/mol. The van der Waals surface area contributed by atoms with Gasteiger partial charge in [-0.2, -0.15) is 0 Å². The van der Waals surface area contributed by atoms with E-state index in [0.29, 0.717) is 23.9 Å². The van der Waals surface area contributed by atoms with Crippen molar-refractivity contribution in [3.05, 3.63) is 69.3 Å². The van der Waals surface area contributed by atoms with Crippen LogP contribution in [0.5, 0.6) is 0 Å². The van der Waals surface area contributed by atoms with E-state index in [1.54, 1.807) is 11.0 Å². The van der Waals surface area contributed by atoms with E-state index in [4.69, 9.17) is 16.3 Å². The molecule has 3 fully saturated rings. The van der Waals surface area contributed by atoms with Gasteiger partial charge in [0.2, 0.25) is 5.91 Å². The first kappa shape index (κ1) is 24.2. The molecule has 5 rings (SSSR count). The van der Waals surface area contributed by atoms with Crippen molar-refractivity contribution in [2.45, 2.75) is 37.8 Å². The van der Waals surface area contributed by atoms with Gasteiger partial charge in [0.25, 0.3) is 5.91 Å². The second-order valence-corrected chi connectivity index (χ2v) is 10.6. The van der Waals surface area contributed by atoms with E-state index < -0.39 is 0 Å². The third-order valence-electron chi connectivity index (χ3n) is 7.12. The average molecular weight is 559 g/mol. The Bertz CT molecular complexity index is 1130. The number of benzene rings is 2. The average Bonchev–Trinajstić information content (AvgIpc) is 2.88. The van der Waals surface area contributed by atoms with Crippen molar-refractivity contribution < 1.29 is 14.3 Å². The van der Waals surface area contributed by atoms with E-state index in [0.717, 1.165) is 54.5 Å². The second-order valence-electron chi connectivity index (χ2n) is 9.32. The minimum atomic E-state index is -0.199. The van der Waals surface area contributed by atoms with E-state index in [-0.39, 0.29) is 30.5 Å². The molecule has 0 spiro atoms. The van der Waals surface area contributed by atoms with Crippen molar-refractivity contribution in [2.75, 3.05) is 37.6 Å². The van der Waals surface area contributed by atoms with Gasteiger partial charge >= 0.3 is 0 Å². The van der Waals surface area contributed by atoms with Crippen LogP contribution in [0.3, 0.4) is 0 Å². The smallest absolute Gasteiger partial charge is 0.289 e. The molecule has 0 aromatic heterocycles. The molecule has 2 amide bonds. The van der Waals surface area contributed by atoms with E-state index in [2.05, 4.69) is 20.8 Å². The lowest BCUT2D eigenvalue weighted by atomic mass is 9.89. The number of nitrogens with zero attached hydrogens (tertiary/aromatic N) is 3. The molecule has 184 valence electrons. The van der Waals surface area contributed by atoms with E-state index in [1.165, 1.54) is 0 Å². The summed E-state index contributed by atoms with van der Waals surface area (Å²) < 4.78 is 7.10. The SMILES string of the molecule is O=C(CN1C(=O)/C(=C\c2ccccc2Br)OC2CCCCC21)N1CCN(c2cccc(Cl)c2)CC1. The molecule has 2 unspecified atom stereocenters. The number of piperazine rings is 1. The molecule has 2 aliphatic heterocycles. The number of carbonyl (C=O) groups excluding carboxylic acids is 2. The summed E-state index contributed by atoms with van der Waals surface area (Å²) in [4.78, 5) is 32.7. The third-order valence-corrected chi connectivity index (χ3v) is 8.08. The lowest BCUT2D eigenvalue weighted by Crippen LogP contribution is -2.58. The van der Waals surface area contributed by atoms with Crippen LogP contribution in [0.25, 0.3) is 6.08 Å². The number of carbonyl (C=O) groups is 2. The summed E-state index contributed by atoms with van der Waals surface area (Å²) in [6, 6.07) is 15.5. The molecule has 35 heavy (non-hydrogen) atoms. The second kappa shape index (κ2) is 10.6. The molecule has 2 heterocycles. The first-order chi connectivity index (χ1) is 17.0. The number of ether oxygens (including phenoxy) is 1. The summed E-state index contributed by atoms with van der Waals surface area (Å²) >= 11 is 9.69. The summed E-state index contributed by atoms with van der Waals surface area (Å²) in [6.07, 6.45) is 5.61. The number of morpholine rings is 1. The number of fused-ring (bicyclic) bond motifs is 1. The van der Waals surface area contributed by atoms with Crippen LogP contribution in [0.15, 0.2) is 58.8 Å². The van der Waals surface area contributed by atoms with Gasteiger partial charge in [0.15, 0.2) is 5.76 Å². The highest BCUT2D eigenvalue weighted by Crippen LogP contribution is 2.34. The Labute approximate surface area is 219 Å². The Kier molecular flexibility index (Phi) is 7.35. The molecule has 8 heteroatoms. The summed E-state index contributed by atoms with van der Waals surface area (Å²) in [6.45, 7) is 2.81. The van der Waals surface area contributed by atoms with Gasteiger partial charge in [-0.15, -0.1) is 0 Å². The topological polar surface area (TPSA) is 53.1 Å². The van der Waals surface area contributed by atoms with Crippen molar-refractivity contribution in [3.63, 3.8) is 0 Å². The fourth-order valence-electron chi connectivity index (χ4n) is 5.23. The molecule has 2 saturated heterocycles. The van der Waals surface area contributed by atoms with Gasteiger partial charge < -0.3 is 19.4 Å². The van der Waals surface area contributed by atoms with Gasteiger partial charge in [-0.3, -0.25) is 9.59 Å². The Morgan fingerprint density at radius 1 is 1.06 bits per heavy atom. The van der Waals surface area contributed by atoms with Crippen LogP contribution < -0.4 is 4.90 Å². The minimum Gasteiger partial charge on any atom is -0.482 e. The molecule has 2 aromatic carbocycles. The molecule has 6 nitrogen and oxygen atoms in total. The highest BCUT2D eigenvalue weighted by atomic mass is 79.9. The predicted octanol–water partition coefficient (Wildman–Crippen LogP) is 4.96. The van der Waals surface area contributed by atoms with Gasteiger partial charge in [-0.1, -0.05) is 58.2 Å². The fourth-order valence-corrected chi connectivity index (χ4v) is 5.81. The van der Waals surface area contributed by atoms with Gasteiger partial charge in [-0.25, -0.2) is 0 Å². The van der Waals surface area contributed by atoms with E-state index >= 15 is 0 Å². The molecule has 1 saturated carbocycles. The zero-order valence-corrected chi connectivity index (χ0v) is 21.9. The number of halogens is 2.